The predicted octanol–water partition coefficient (Wildman–Crippen LogP) is 4.30. The van der Waals surface area contributed by atoms with Gasteiger partial charge in [0.25, 0.3) is 0 Å². The Bertz CT molecular complexity index is 877. The third-order valence-corrected chi connectivity index (χ3v) is 5.48. The smallest absolute Gasteiger partial charge is 0.225 e. The Morgan fingerprint density at radius 3 is 2.62 bits per heavy atom. The first-order chi connectivity index (χ1) is 13.9. The summed E-state index contributed by atoms with van der Waals surface area (Å²) in [6, 6.07) is 15.9. The normalized spacial score (nSPS) is 16.8. The van der Waals surface area contributed by atoms with Crippen molar-refractivity contribution in [3.8, 4) is 0 Å². The van der Waals surface area contributed by atoms with E-state index in [2.05, 4.69) is 48.0 Å². The number of fused-ring (bicyclic) bond motifs is 1. The van der Waals surface area contributed by atoms with Crippen molar-refractivity contribution in [2.24, 2.45) is 4.99 Å². The number of hydrogen-bond donors (Lipinski definition) is 3. The van der Waals surface area contributed by atoms with Gasteiger partial charge in [0.15, 0.2) is 5.96 Å². The van der Waals surface area contributed by atoms with Crippen molar-refractivity contribution in [3.63, 3.8) is 0 Å². The molecule has 1 aliphatic heterocycles. The third-order valence-electron chi connectivity index (χ3n) is 5.22. The molecule has 0 aliphatic carbocycles. The minimum Gasteiger partial charge on any atom is -0.357 e. The summed E-state index contributed by atoms with van der Waals surface area (Å²) in [4.78, 5) is 16.9. The SMILES string of the molecule is CCNC(=NCC(C)(C)c1ccc(Cl)cc1)NCC1CC(=O)Nc2ccccc21. The van der Waals surface area contributed by atoms with Crippen LogP contribution in [-0.4, -0.2) is 31.5 Å². The van der Waals surface area contributed by atoms with Crippen molar-refractivity contribution >= 4 is 29.2 Å². The van der Waals surface area contributed by atoms with Crippen molar-refractivity contribution in [3.05, 3.63) is 64.7 Å². The number of carbonyl (C=O) groups excluding carboxylic acids is 1. The van der Waals surface area contributed by atoms with Crippen molar-refractivity contribution < 1.29 is 4.79 Å². The number of anilines is 1. The maximum Gasteiger partial charge on any atom is 0.225 e. The highest BCUT2D eigenvalue weighted by atomic mass is 35.5. The molecule has 1 aliphatic rings. The number of amides is 1. The summed E-state index contributed by atoms with van der Waals surface area (Å²) >= 11 is 6.02. The molecular weight excluding hydrogens is 384 g/mol. The van der Waals surface area contributed by atoms with Crippen LogP contribution in [0, 0.1) is 0 Å². The minimum absolute atomic E-state index is 0.0568. The Kier molecular flexibility index (Phi) is 6.80. The molecule has 6 heteroatoms. The van der Waals surface area contributed by atoms with E-state index in [-0.39, 0.29) is 17.2 Å². The lowest BCUT2D eigenvalue weighted by atomic mass is 9.85. The molecule has 1 amide bonds. The predicted molar refractivity (Wildman–Crippen MR) is 121 cm³/mol. The van der Waals surface area contributed by atoms with Crippen LogP contribution in [0.2, 0.25) is 5.02 Å². The molecule has 2 aromatic carbocycles. The van der Waals surface area contributed by atoms with Crippen LogP contribution in [0.15, 0.2) is 53.5 Å². The van der Waals surface area contributed by atoms with Crippen LogP contribution in [-0.2, 0) is 10.2 Å². The summed E-state index contributed by atoms with van der Waals surface area (Å²) in [5.74, 6) is 0.937. The van der Waals surface area contributed by atoms with Crippen molar-refractivity contribution in [1.82, 2.24) is 10.6 Å². The zero-order chi connectivity index (χ0) is 20.9. The lowest BCUT2D eigenvalue weighted by Gasteiger charge is -2.27. The van der Waals surface area contributed by atoms with Crippen LogP contribution in [0.4, 0.5) is 5.69 Å². The molecule has 1 heterocycles. The van der Waals surface area contributed by atoms with E-state index in [0.717, 1.165) is 28.8 Å². The topological polar surface area (TPSA) is 65.5 Å². The molecule has 3 rings (SSSR count). The maximum atomic E-state index is 12.1. The monoisotopic (exact) mass is 412 g/mol. The molecular formula is C23H29ClN4O. The third kappa shape index (κ3) is 5.51. The summed E-state index contributed by atoms with van der Waals surface area (Å²) in [6.07, 6.45) is 0.472. The number of carbonyl (C=O) groups is 1. The molecule has 1 unspecified atom stereocenters. The Morgan fingerprint density at radius 1 is 1.17 bits per heavy atom. The zero-order valence-electron chi connectivity index (χ0n) is 17.3. The average molecular weight is 413 g/mol. The standard InChI is InChI=1S/C23H29ClN4O/c1-4-25-22(27-15-23(2,3)17-9-11-18(24)12-10-17)26-14-16-13-21(29)28-20-8-6-5-7-19(16)20/h5-12,16H,4,13-15H2,1-3H3,(H,28,29)(H2,25,26,27). The van der Waals surface area contributed by atoms with E-state index in [0.29, 0.717) is 19.5 Å². The van der Waals surface area contributed by atoms with Gasteiger partial charge in [0.2, 0.25) is 5.91 Å². The van der Waals surface area contributed by atoms with E-state index in [1.54, 1.807) is 0 Å². The fourth-order valence-electron chi connectivity index (χ4n) is 3.51. The van der Waals surface area contributed by atoms with E-state index in [1.165, 1.54) is 5.56 Å². The van der Waals surface area contributed by atoms with Crippen molar-refractivity contribution in [2.45, 2.75) is 38.5 Å². The van der Waals surface area contributed by atoms with E-state index in [1.807, 2.05) is 37.3 Å². The second kappa shape index (κ2) is 9.31. The van der Waals surface area contributed by atoms with Crippen molar-refractivity contribution in [2.75, 3.05) is 25.0 Å². The zero-order valence-corrected chi connectivity index (χ0v) is 18.0. The van der Waals surface area contributed by atoms with Crippen LogP contribution >= 0.6 is 11.6 Å². The molecule has 0 fully saturated rings. The van der Waals surface area contributed by atoms with Gasteiger partial charge in [-0.05, 0) is 36.2 Å². The molecule has 5 nitrogen and oxygen atoms in total. The Labute approximate surface area is 178 Å². The van der Waals surface area contributed by atoms with Crippen LogP contribution in [0.25, 0.3) is 0 Å². The molecule has 0 aromatic heterocycles. The van der Waals surface area contributed by atoms with Crippen LogP contribution in [0.3, 0.4) is 0 Å². The number of aliphatic imine (C=N–C) groups is 1. The number of benzene rings is 2. The van der Waals surface area contributed by atoms with Gasteiger partial charge in [-0.25, -0.2) is 0 Å². The molecule has 0 saturated carbocycles. The molecule has 3 N–H and O–H groups in total. The fraction of sp³-hybridized carbons (Fsp3) is 0.391. The molecule has 2 aromatic rings. The molecule has 154 valence electrons. The first-order valence-electron chi connectivity index (χ1n) is 10.1. The van der Waals surface area contributed by atoms with Gasteiger partial charge in [0.1, 0.15) is 0 Å². The summed E-state index contributed by atoms with van der Waals surface area (Å²) in [5, 5.41) is 10.4. The molecule has 0 radical (unpaired) electrons. The van der Waals surface area contributed by atoms with Gasteiger partial charge in [-0.1, -0.05) is 55.8 Å². The number of guanidine groups is 1. The second-order valence-electron chi connectivity index (χ2n) is 8.00. The van der Waals surface area contributed by atoms with Gasteiger partial charge in [0.05, 0.1) is 6.54 Å². The number of hydrogen-bond acceptors (Lipinski definition) is 2. The highest BCUT2D eigenvalue weighted by Crippen LogP contribution is 2.31. The first kappa shape index (κ1) is 21.2. The van der Waals surface area contributed by atoms with E-state index < -0.39 is 0 Å². The summed E-state index contributed by atoms with van der Waals surface area (Å²) in [7, 11) is 0. The van der Waals surface area contributed by atoms with Gasteiger partial charge < -0.3 is 16.0 Å². The minimum atomic E-state index is -0.121. The fourth-order valence-corrected chi connectivity index (χ4v) is 3.64. The Morgan fingerprint density at radius 2 is 1.90 bits per heavy atom. The Balaban J connectivity index is 1.68. The lowest BCUT2D eigenvalue weighted by Crippen LogP contribution is -2.41. The van der Waals surface area contributed by atoms with E-state index >= 15 is 0 Å². The van der Waals surface area contributed by atoms with Gasteiger partial charge in [-0.2, -0.15) is 0 Å². The van der Waals surface area contributed by atoms with Crippen LogP contribution < -0.4 is 16.0 Å². The Hall–Kier alpha value is -2.53. The molecule has 0 bridgehead atoms. The lowest BCUT2D eigenvalue weighted by molar-refractivity contribution is -0.116. The summed E-state index contributed by atoms with van der Waals surface area (Å²) < 4.78 is 0. The van der Waals surface area contributed by atoms with Crippen LogP contribution in [0.5, 0.6) is 0 Å². The number of nitrogens with one attached hydrogen (secondary N) is 3. The van der Waals surface area contributed by atoms with Gasteiger partial charge in [0, 0.05) is 41.6 Å². The highest BCUT2D eigenvalue weighted by Gasteiger charge is 2.25. The van der Waals surface area contributed by atoms with E-state index in [4.69, 9.17) is 16.6 Å². The van der Waals surface area contributed by atoms with Gasteiger partial charge >= 0.3 is 0 Å². The van der Waals surface area contributed by atoms with Crippen LogP contribution in [0.1, 0.15) is 44.2 Å². The number of halogens is 1. The molecule has 0 saturated heterocycles. The molecule has 1 atom stereocenters. The average Bonchev–Trinajstić information content (AvgIpc) is 2.70. The van der Waals surface area contributed by atoms with E-state index in [9.17, 15) is 4.79 Å². The van der Waals surface area contributed by atoms with Crippen molar-refractivity contribution in [1.29, 1.82) is 0 Å². The first-order valence-corrected chi connectivity index (χ1v) is 10.4. The molecule has 0 spiro atoms. The number of rotatable bonds is 6. The number of para-hydroxylation sites is 1. The quantitative estimate of drug-likeness (QED) is 0.489. The highest BCUT2D eigenvalue weighted by molar-refractivity contribution is 6.30. The molecule has 29 heavy (non-hydrogen) atoms. The number of nitrogens with zero attached hydrogens (tertiary/aromatic N) is 1. The van der Waals surface area contributed by atoms with Gasteiger partial charge in [-0.15, -0.1) is 0 Å². The largest absolute Gasteiger partial charge is 0.357 e. The van der Waals surface area contributed by atoms with Gasteiger partial charge in [-0.3, -0.25) is 9.79 Å². The summed E-state index contributed by atoms with van der Waals surface area (Å²) in [5.41, 5.74) is 3.14. The summed E-state index contributed by atoms with van der Waals surface area (Å²) in [6.45, 7) is 8.44. The second-order valence-corrected chi connectivity index (χ2v) is 8.44. The maximum absolute atomic E-state index is 12.1.